The van der Waals surface area contributed by atoms with Crippen molar-refractivity contribution < 1.29 is 14.2 Å². The molecule has 25 heavy (non-hydrogen) atoms. The molecule has 0 spiro atoms. The third-order valence-electron chi connectivity index (χ3n) is 5.29. The molecule has 1 aliphatic heterocycles. The molecule has 1 heterocycles. The van der Waals surface area contributed by atoms with Gasteiger partial charge in [-0.05, 0) is 43.4 Å². The molecule has 0 saturated carbocycles. The van der Waals surface area contributed by atoms with Gasteiger partial charge in [0.05, 0.1) is 5.41 Å². The zero-order chi connectivity index (χ0) is 17.9. The van der Waals surface area contributed by atoms with Gasteiger partial charge in [-0.15, -0.1) is 0 Å². The molecule has 0 unspecified atom stereocenters. The van der Waals surface area contributed by atoms with Crippen molar-refractivity contribution in [3.8, 4) is 11.1 Å². The van der Waals surface area contributed by atoms with E-state index in [1.165, 1.54) is 28.1 Å². The third kappa shape index (κ3) is 3.66. The summed E-state index contributed by atoms with van der Waals surface area (Å²) in [6.07, 6.45) is 2.02. The van der Waals surface area contributed by atoms with E-state index in [9.17, 15) is 5.26 Å². The van der Waals surface area contributed by atoms with E-state index in [0.717, 1.165) is 37.2 Å². The van der Waals surface area contributed by atoms with Gasteiger partial charge in [-0.25, -0.2) is 0 Å². The van der Waals surface area contributed by atoms with Crippen molar-refractivity contribution in [2.24, 2.45) is 0 Å². The molecular weight excluding hydrogens is 330 g/mol. The van der Waals surface area contributed by atoms with Crippen LogP contribution in [0.5, 0.6) is 0 Å². The maximum atomic E-state index is 10.1. The minimum atomic E-state index is 0.0530. The molecule has 0 bridgehead atoms. The van der Waals surface area contributed by atoms with Crippen LogP contribution < -0.4 is 5.26 Å². The van der Waals surface area contributed by atoms with Gasteiger partial charge in [-0.1, -0.05) is 42.5 Å². The highest BCUT2D eigenvalue weighted by atomic mass is 32.2. The van der Waals surface area contributed by atoms with E-state index >= 15 is 0 Å². The fourth-order valence-corrected chi connectivity index (χ4v) is 3.95. The molecule has 0 N–H and O–H groups in total. The van der Waals surface area contributed by atoms with Crippen molar-refractivity contribution in [3.63, 3.8) is 0 Å². The summed E-state index contributed by atoms with van der Waals surface area (Å²) in [4.78, 5) is 0. The Balaban J connectivity index is 1.89. The Hall–Kier alpha value is -1.62. The fourth-order valence-electron chi connectivity index (χ4n) is 3.56. The van der Waals surface area contributed by atoms with Crippen LogP contribution in [0.15, 0.2) is 48.5 Å². The van der Waals surface area contributed by atoms with Crippen molar-refractivity contribution in [1.29, 1.82) is 0 Å². The van der Waals surface area contributed by atoms with Gasteiger partial charge >= 0.3 is 0 Å². The number of fused-ring (bicyclic) bond motifs is 1. The zero-order valence-electron chi connectivity index (χ0n) is 15.1. The van der Waals surface area contributed by atoms with E-state index in [-0.39, 0.29) is 5.41 Å². The first-order valence-corrected chi connectivity index (χ1v) is 9.69. The lowest BCUT2D eigenvalue weighted by molar-refractivity contribution is -0.630. The first-order valence-electron chi connectivity index (χ1n) is 8.78. The first-order chi connectivity index (χ1) is 12.1. The van der Waals surface area contributed by atoms with E-state index in [0.29, 0.717) is 0 Å². The lowest BCUT2D eigenvalue weighted by atomic mass is 9.82. The Morgan fingerprint density at radius 2 is 1.80 bits per heavy atom. The highest BCUT2D eigenvalue weighted by molar-refractivity contribution is 7.94. The molecule has 1 aliphatic rings. The smallest absolute Gasteiger partial charge is 0.210 e. The summed E-state index contributed by atoms with van der Waals surface area (Å²) in [5.41, 5.74) is 6.65. The molecule has 0 fully saturated rings. The van der Waals surface area contributed by atoms with Crippen LogP contribution in [0.3, 0.4) is 0 Å². The molecule has 0 aliphatic carbocycles. The van der Waals surface area contributed by atoms with Gasteiger partial charge in [-0.2, -0.15) is 4.58 Å². The number of benzene rings is 2. The third-order valence-corrected chi connectivity index (χ3v) is 5.84. The van der Waals surface area contributed by atoms with E-state index in [1.54, 1.807) is 0 Å². The number of hydrogen-bond donors (Lipinski definition) is 0. The molecule has 0 radical (unpaired) electrons. The number of rotatable bonds is 7. The number of hydrogen-bond acceptors (Lipinski definition) is 3. The van der Waals surface area contributed by atoms with Crippen molar-refractivity contribution >= 4 is 23.4 Å². The predicted octanol–water partition coefficient (Wildman–Crippen LogP) is 4.47. The van der Waals surface area contributed by atoms with Crippen molar-refractivity contribution in [1.82, 2.24) is 0 Å². The SMILES string of the molecule is CC1=[N+](CCCCSO[O-])c2cc(-c3ccccc3)ccc2C1(C)C. The largest absolute Gasteiger partial charge is 0.711 e. The summed E-state index contributed by atoms with van der Waals surface area (Å²) in [5, 5.41) is 10.1. The lowest BCUT2D eigenvalue weighted by Gasteiger charge is -2.15. The number of nitrogens with zero attached hydrogens (tertiary/aromatic N) is 1. The second-order valence-corrected chi connectivity index (χ2v) is 7.84. The monoisotopic (exact) mass is 355 g/mol. The second-order valence-electron chi connectivity index (χ2n) is 7.06. The number of unbranched alkanes of at least 4 members (excludes halogenated alkanes) is 1. The maximum Gasteiger partial charge on any atom is 0.210 e. The van der Waals surface area contributed by atoms with Gasteiger partial charge in [0.2, 0.25) is 5.69 Å². The Morgan fingerprint density at radius 1 is 1.04 bits per heavy atom. The minimum absolute atomic E-state index is 0.0530. The van der Waals surface area contributed by atoms with Crippen molar-refractivity contribution in [3.05, 3.63) is 54.1 Å². The van der Waals surface area contributed by atoms with E-state index in [1.807, 2.05) is 6.07 Å². The van der Waals surface area contributed by atoms with Crippen LogP contribution in [-0.4, -0.2) is 22.6 Å². The van der Waals surface area contributed by atoms with Crippen LogP contribution in [-0.2, 0) is 9.75 Å². The Labute approximate surface area is 154 Å². The topological polar surface area (TPSA) is 35.3 Å². The van der Waals surface area contributed by atoms with Gasteiger partial charge in [0.1, 0.15) is 6.54 Å². The molecule has 3 rings (SSSR count). The fraction of sp³-hybridized carbons (Fsp3) is 0.381. The molecule has 0 atom stereocenters. The van der Waals surface area contributed by atoms with Crippen LogP contribution in [0.4, 0.5) is 5.69 Å². The van der Waals surface area contributed by atoms with Gasteiger partial charge in [0, 0.05) is 30.7 Å². The maximum absolute atomic E-state index is 10.1. The molecule has 2 aromatic carbocycles. The van der Waals surface area contributed by atoms with Crippen LogP contribution in [0.1, 0.15) is 39.2 Å². The summed E-state index contributed by atoms with van der Waals surface area (Å²) in [7, 11) is 0. The summed E-state index contributed by atoms with van der Waals surface area (Å²) < 4.78 is 6.29. The van der Waals surface area contributed by atoms with Gasteiger partial charge in [0.15, 0.2) is 5.71 Å². The van der Waals surface area contributed by atoms with E-state index in [4.69, 9.17) is 0 Å². The molecule has 2 aromatic rings. The van der Waals surface area contributed by atoms with Gasteiger partial charge in [0.25, 0.3) is 0 Å². The second kappa shape index (κ2) is 7.73. The standard InChI is InChI=1S/C21H25NO2S/c1-16-21(2,3)19-12-11-18(17-9-5-4-6-10-17)15-20(19)22(16)13-7-8-14-25-24-23/h4-6,9-12,15H,7-8,13-14H2,1-3H3. The first kappa shape index (κ1) is 18.2. The van der Waals surface area contributed by atoms with Crippen molar-refractivity contribution in [2.75, 3.05) is 12.3 Å². The summed E-state index contributed by atoms with van der Waals surface area (Å²) in [5.74, 6) is 0.747. The van der Waals surface area contributed by atoms with E-state index in [2.05, 4.69) is 72.1 Å². The highest BCUT2D eigenvalue weighted by Gasteiger charge is 2.42. The molecule has 4 heteroatoms. The highest BCUT2D eigenvalue weighted by Crippen LogP contribution is 2.41. The van der Waals surface area contributed by atoms with Crippen LogP contribution in [0.25, 0.3) is 11.1 Å². The summed E-state index contributed by atoms with van der Waals surface area (Å²) in [6.45, 7) is 7.80. The van der Waals surface area contributed by atoms with Gasteiger partial charge < -0.3 is 9.59 Å². The van der Waals surface area contributed by atoms with Crippen LogP contribution in [0, 0.1) is 0 Å². The van der Waals surface area contributed by atoms with Crippen molar-refractivity contribution in [2.45, 2.75) is 39.0 Å². The summed E-state index contributed by atoms with van der Waals surface area (Å²) >= 11 is 0.996. The van der Waals surface area contributed by atoms with E-state index < -0.39 is 0 Å². The lowest BCUT2D eigenvalue weighted by Crippen LogP contribution is -2.26. The van der Waals surface area contributed by atoms with Gasteiger partial charge in [-0.3, -0.25) is 0 Å². The molecule has 0 aromatic heterocycles. The Bertz CT molecular complexity index is 769. The summed E-state index contributed by atoms with van der Waals surface area (Å²) in [6, 6.07) is 17.4. The average molecular weight is 356 g/mol. The molecule has 0 amide bonds. The molecule has 132 valence electrons. The van der Waals surface area contributed by atoms with Crippen LogP contribution in [0.2, 0.25) is 0 Å². The Kier molecular flexibility index (Phi) is 5.62. The quantitative estimate of drug-likeness (QED) is 0.242. The molecule has 3 nitrogen and oxygen atoms in total. The molecule has 0 saturated heterocycles. The minimum Gasteiger partial charge on any atom is -0.711 e. The molecular formula is C21H25NO2S. The predicted molar refractivity (Wildman–Crippen MR) is 103 cm³/mol. The normalized spacial score (nSPS) is 15.5. The Morgan fingerprint density at radius 3 is 2.52 bits per heavy atom. The van der Waals surface area contributed by atoms with Crippen LogP contribution >= 0.6 is 12.0 Å². The zero-order valence-corrected chi connectivity index (χ0v) is 15.9. The average Bonchev–Trinajstić information content (AvgIpc) is 2.82.